The first-order valence-corrected chi connectivity index (χ1v) is 15.4. The van der Waals surface area contributed by atoms with Gasteiger partial charge in [0, 0.05) is 36.3 Å². The van der Waals surface area contributed by atoms with Gasteiger partial charge in [-0.25, -0.2) is 0 Å². The summed E-state index contributed by atoms with van der Waals surface area (Å²) in [6.45, 7) is 2.07. The molecule has 44 heavy (non-hydrogen) atoms. The van der Waals surface area contributed by atoms with Gasteiger partial charge in [0.2, 0.25) is 5.76 Å². The van der Waals surface area contributed by atoms with Crippen molar-refractivity contribution < 1.29 is 37.0 Å². The van der Waals surface area contributed by atoms with Crippen molar-refractivity contribution in [3.8, 4) is 5.75 Å². The van der Waals surface area contributed by atoms with E-state index in [2.05, 4.69) is 41.4 Å². The van der Waals surface area contributed by atoms with Crippen molar-refractivity contribution in [1.82, 2.24) is 0 Å². The zero-order valence-electron chi connectivity index (χ0n) is 24.6. The number of carbonyl (C=O) groups excluding carboxylic acids is 1. The molecule has 3 aromatic rings. The fourth-order valence-electron chi connectivity index (χ4n) is 8.62. The normalized spacial score (nSPS) is 28.8. The Morgan fingerprint density at radius 2 is 1.80 bits per heavy atom. The van der Waals surface area contributed by atoms with Gasteiger partial charge >= 0.3 is 6.36 Å². The minimum absolute atomic E-state index is 0.0302. The minimum Gasteiger partial charge on any atom is -0.504 e. The molecule has 3 aromatic carbocycles. The maximum atomic E-state index is 13.4. The molecule has 1 unspecified atom stereocenters. The van der Waals surface area contributed by atoms with E-state index in [1.165, 1.54) is 23.3 Å². The number of likely N-dealkylation sites (N-methyl/N-ethyl adjacent to an activating group) is 1. The van der Waals surface area contributed by atoms with Gasteiger partial charge < -0.3 is 24.4 Å². The lowest BCUT2D eigenvalue weighted by Gasteiger charge is -2.60. The number of amides is 1. The van der Waals surface area contributed by atoms with Gasteiger partial charge in [0.05, 0.1) is 37.3 Å². The Morgan fingerprint density at radius 3 is 2.52 bits per heavy atom. The van der Waals surface area contributed by atoms with E-state index in [0.29, 0.717) is 23.4 Å². The molecule has 5 atom stereocenters. The molecular weight excluding hydrogens is 569 g/mol. The molecule has 230 valence electrons. The second kappa shape index (κ2) is 10.6. The van der Waals surface area contributed by atoms with Crippen LogP contribution in [0.3, 0.4) is 0 Å². The number of piperidine rings is 1. The van der Waals surface area contributed by atoms with Crippen LogP contribution in [0.4, 0.5) is 18.9 Å². The third-order valence-electron chi connectivity index (χ3n) is 10.6. The number of ether oxygens (including phenoxy) is 2. The van der Waals surface area contributed by atoms with Crippen LogP contribution in [0.25, 0.3) is 5.76 Å². The SMILES string of the molecule is C[N+]1(CCc2ccccc2)CC[C@]23c4c5ccc(NC(=O)C(OC(F)(F)F)=C(O)c6ccccc6)c4O[C@H]2CCC[C@H]3[C@H]1C5. The second-order valence-electron chi connectivity index (χ2n) is 12.9. The van der Waals surface area contributed by atoms with Gasteiger partial charge in [-0.15, -0.1) is 13.2 Å². The lowest BCUT2D eigenvalue weighted by molar-refractivity contribution is -0.945. The predicted octanol–water partition coefficient (Wildman–Crippen LogP) is 6.90. The maximum absolute atomic E-state index is 13.4. The molecule has 4 aliphatic rings. The van der Waals surface area contributed by atoms with Gasteiger partial charge in [-0.05, 0) is 36.5 Å². The summed E-state index contributed by atoms with van der Waals surface area (Å²) in [5.41, 5.74) is 3.81. The van der Waals surface area contributed by atoms with Gasteiger partial charge in [-0.3, -0.25) is 4.79 Å². The molecule has 0 aromatic heterocycles. The third kappa shape index (κ3) is 4.72. The van der Waals surface area contributed by atoms with Crippen LogP contribution < -0.4 is 10.1 Å². The molecule has 1 saturated carbocycles. The number of nitrogens with zero attached hydrogens (tertiary/aromatic N) is 1. The van der Waals surface area contributed by atoms with Crippen molar-refractivity contribution in [2.75, 3.05) is 25.5 Å². The topological polar surface area (TPSA) is 67.8 Å². The number of hydrogen-bond donors (Lipinski definition) is 2. The molecule has 2 aliphatic carbocycles. The molecule has 6 nitrogen and oxygen atoms in total. The summed E-state index contributed by atoms with van der Waals surface area (Å²) in [6.07, 6.45) is 0.698. The lowest BCUT2D eigenvalue weighted by Crippen LogP contribution is -2.70. The number of aliphatic hydroxyl groups excluding tert-OH is 1. The van der Waals surface area contributed by atoms with Crippen molar-refractivity contribution >= 4 is 17.4 Å². The Balaban J connectivity index is 1.22. The number of likely N-dealkylation sites (tertiary alicyclic amines) is 1. The van der Waals surface area contributed by atoms with Crippen LogP contribution in [0, 0.1) is 5.92 Å². The van der Waals surface area contributed by atoms with Crippen molar-refractivity contribution in [2.45, 2.75) is 62.4 Å². The number of nitrogens with one attached hydrogen (secondary N) is 1. The number of anilines is 1. The van der Waals surface area contributed by atoms with Gasteiger partial charge in [-0.1, -0.05) is 66.7 Å². The van der Waals surface area contributed by atoms with E-state index in [1.54, 1.807) is 24.3 Å². The summed E-state index contributed by atoms with van der Waals surface area (Å²) in [4.78, 5) is 13.4. The molecule has 9 heteroatoms. The van der Waals surface area contributed by atoms with Crippen molar-refractivity contribution in [1.29, 1.82) is 0 Å². The van der Waals surface area contributed by atoms with Crippen molar-refractivity contribution in [3.63, 3.8) is 0 Å². The van der Waals surface area contributed by atoms with Gasteiger partial charge in [0.15, 0.2) is 5.76 Å². The van der Waals surface area contributed by atoms with E-state index >= 15 is 0 Å². The summed E-state index contributed by atoms with van der Waals surface area (Å²) in [7, 11) is 2.40. The smallest absolute Gasteiger partial charge is 0.504 e. The van der Waals surface area contributed by atoms with E-state index in [-0.39, 0.29) is 17.1 Å². The highest BCUT2D eigenvalue weighted by Gasteiger charge is 2.66. The van der Waals surface area contributed by atoms with E-state index < -0.39 is 23.8 Å². The number of aliphatic hydroxyl groups is 1. The largest absolute Gasteiger partial charge is 0.573 e. The highest BCUT2D eigenvalue weighted by molar-refractivity contribution is 6.07. The maximum Gasteiger partial charge on any atom is 0.573 e. The Bertz CT molecular complexity index is 1610. The van der Waals surface area contributed by atoms with Gasteiger partial charge in [-0.2, -0.15) is 0 Å². The summed E-state index contributed by atoms with van der Waals surface area (Å²) in [5, 5.41) is 13.3. The van der Waals surface area contributed by atoms with Gasteiger partial charge in [0.1, 0.15) is 11.9 Å². The zero-order valence-corrected chi connectivity index (χ0v) is 24.6. The molecule has 2 N–H and O–H groups in total. The number of alkyl halides is 3. The molecule has 2 bridgehead atoms. The number of rotatable bonds is 7. The van der Waals surface area contributed by atoms with Crippen LogP contribution in [-0.4, -0.2) is 54.1 Å². The first-order valence-electron chi connectivity index (χ1n) is 15.4. The summed E-state index contributed by atoms with van der Waals surface area (Å²) in [6, 6.07) is 22.3. The molecule has 2 fully saturated rings. The predicted molar refractivity (Wildman–Crippen MR) is 160 cm³/mol. The highest BCUT2D eigenvalue weighted by atomic mass is 19.4. The van der Waals surface area contributed by atoms with Crippen LogP contribution in [0.1, 0.15) is 47.9 Å². The number of carbonyl (C=O) groups is 1. The number of halogens is 3. The van der Waals surface area contributed by atoms with E-state index in [9.17, 15) is 23.1 Å². The molecule has 1 saturated heterocycles. The molecule has 0 radical (unpaired) electrons. The molecule has 1 amide bonds. The number of benzene rings is 3. The fourth-order valence-corrected chi connectivity index (χ4v) is 8.62. The molecule has 2 heterocycles. The number of hydrogen-bond acceptors (Lipinski definition) is 4. The van der Waals surface area contributed by atoms with Crippen molar-refractivity contribution in [2.24, 2.45) is 5.92 Å². The quantitative estimate of drug-likeness (QED) is 0.175. The van der Waals surface area contributed by atoms with Crippen LogP contribution >= 0.6 is 0 Å². The van der Waals surface area contributed by atoms with E-state index in [1.807, 2.05) is 12.1 Å². The Morgan fingerprint density at radius 1 is 1.07 bits per heavy atom. The average molecular weight is 606 g/mol. The molecular formula is C35H36F3N2O4+. The Labute approximate surface area is 254 Å². The van der Waals surface area contributed by atoms with Crippen LogP contribution in [0.5, 0.6) is 5.75 Å². The summed E-state index contributed by atoms with van der Waals surface area (Å²) < 4.78 is 51.9. The zero-order chi connectivity index (χ0) is 30.7. The van der Waals surface area contributed by atoms with E-state index in [0.717, 1.165) is 61.7 Å². The second-order valence-corrected chi connectivity index (χ2v) is 12.9. The molecule has 7 rings (SSSR count). The minimum atomic E-state index is -5.18. The average Bonchev–Trinajstić information content (AvgIpc) is 3.37. The third-order valence-corrected chi connectivity index (χ3v) is 10.6. The molecule has 1 spiro atoms. The Hall–Kier alpha value is -3.98. The lowest BCUT2D eigenvalue weighted by atomic mass is 9.51. The first kappa shape index (κ1) is 28.8. The van der Waals surface area contributed by atoms with Crippen molar-refractivity contribution in [3.05, 3.63) is 101 Å². The van der Waals surface area contributed by atoms with Gasteiger partial charge in [0.25, 0.3) is 5.91 Å². The Kier molecular flexibility index (Phi) is 6.92. The van der Waals surface area contributed by atoms with Crippen LogP contribution in [0.15, 0.2) is 78.6 Å². The first-order chi connectivity index (χ1) is 21.1. The summed E-state index contributed by atoms with van der Waals surface area (Å²) in [5.74, 6) is -2.34. The summed E-state index contributed by atoms with van der Waals surface area (Å²) >= 11 is 0. The van der Waals surface area contributed by atoms with Crippen LogP contribution in [-0.2, 0) is 27.8 Å². The monoisotopic (exact) mass is 605 g/mol. The van der Waals surface area contributed by atoms with Crippen LogP contribution in [0.2, 0.25) is 0 Å². The highest BCUT2D eigenvalue weighted by Crippen LogP contribution is 2.64. The standard InChI is InChI=1S/C35H35F3N2O4/c1-40(19-17-22-9-4-2-5-10-22)20-18-34-25-13-8-14-28(34)43-31-26(16-15-24(29(31)34)21-27(25)40)39-33(42)32(44-35(36,37)38)30(41)23-11-6-3-7-12-23/h2-7,9-12,15-16,25,27-28H,8,13-14,17-21H2,1H3,(H-,39,41,42)/p+1/t25-,27+,28-,34+,40?/m0/s1. The number of quaternary nitrogens is 1. The molecule has 2 aliphatic heterocycles. The fraction of sp³-hybridized carbons (Fsp3) is 0.400. The van der Waals surface area contributed by atoms with E-state index in [4.69, 9.17) is 4.74 Å².